The Labute approximate surface area is 131 Å². The average Bonchev–Trinajstić information content (AvgIpc) is 2.90. The number of amides is 1. The summed E-state index contributed by atoms with van der Waals surface area (Å²) in [5, 5.41) is 16.9. The number of aliphatic hydroxyl groups is 1. The van der Waals surface area contributed by atoms with E-state index in [4.69, 9.17) is 0 Å². The molecule has 0 saturated heterocycles. The number of hydrogen-bond donors (Lipinski definition) is 2. The zero-order valence-electron chi connectivity index (χ0n) is 13.5. The molecule has 1 amide bonds. The largest absolute Gasteiger partial charge is 0.391 e. The first-order chi connectivity index (χ1) is 10.3. The van der Waals surface area contributed by atoms with Crippen molar-refractivity contribution in [2.24, 2.45) is 5.41 Å². The second kappa shape index (κ2) is 6.32. The molecule has 118 valence electrons. The second-order valence-electron chi connectivity index (χ2n) is 6.60. The fourth-order valence-electron chi connectivity index (χ4n) is 1.92. The van der Waals surface area contributed by atoms with E-state index in [1.54, 1.807) is 23.0 Å². The number of aryl methyl sites for hydroxylation is 1. The maximum absolute atomic E-state index is 12.1. The summed E-state index contributed by atoms with van der Waals surface area (Å²) in [7, 11) is 0. The molecule has 0 aliphatic carbocycles. The minimum atomic E-state index is -0.581. The van der Waals surface area contributed by atoms with Crippen LogP contribution in [0.4, 0.5) is 0 Å². The lowest BCUT2D eigenvalue weighted by atomic mass is 9.89. The van der Waals surface area contributed by atoms with Crippen molar-refractivity contribution >= 4 is 5.91 Å². The van der Waals surface area contributed by atoms with Crippen LogP contribution in [0.1, 0.15) is 36.7 Å². The number of rotatable bonds is 4. The number of carbonyl (C=O) groups is 1. The molecule has 5 nitrogen and oxygen atoms in total. The van der Waals surface area contributed by atoms with Crippen LogP contribution in [-0.4, -0.2) is 33.4 Å². The highest BCUT2D eigenvalue weighted by molar-refractivity contribution is 5.94. The van der Waals surface area contributed by atoms with Gasteiger partial charge >= 0.3 is 0 Å². The highest BCUT2D eigenvalue weighted by Gasteiger charge is 2.22. The summed E-state index contributed by atoms with van der Waals surface area (Å²) in [6.07, 6.45) is 3.13. The van der Waals surface area contributed by atoms with Crippen LogP contribution in [0, 0.1) is 12.3 Å². The lowest BCUT2D eigenvalue weighted by molar-refractivity contribution is 0.0587. The van der Waals surface area contributed by atoms with Crippen molar-refractivity contribution in [2.75, 3.05) is 6.54 Å². The molecule has 1 unspecified atom stereocenters. The van der Waals surface area contributed by atoms with E-state index < -0.39 is 6.10 Å². The number of aliphatic hydroxyl groups excluding tert-OH is 1. The molecule has 5 heteroatoms. The van der Waals surface area contributed by atoms with Gasteiger partial charge in [0.15, 0.2) is 0 Å². The summed E-state index contributed by atoms with van der Waals surface area (Å²) < 4.78 is 1.76. The molecule has 0 radical (unpaired) electrons. The third kappa shape index (κ3) is 3.95. The molecular formula is C17H23N3O2. The van der Waals surface area contributed by atoms with Gasteiger partial charge in [0.25, 0.3) is 5.91 Å². The molecule has 2 aromatic rings. The third-order valence-corrected chi connectivity index (χ3v) is 3.56. The van der Waals surface area contributed by atoms with Crippen molar-refractivity contribution in [1.29, 1.82) is 0 Å². The molecule has 2 rings (SSSR count). The van der Waals surface area contributed by atoms with Gasteiger partial charge in [-0.3, -0.25) is 4.79 Å². The Balaban J connectivity index is 2.00. The molecule has 22 heavy (non-hydrogen) atoms. The van der Waals surface area contributed by atoms with Gasteiger partial charge in [-0.2, -0.15) is 5.10 Å². The predicted molar refractivity (Wildman–Crippen MR) is 86.1 cm³/mol. The lowest BCUT2D eigenvalue weighted by Gasteiger charge is -2.25. The van der Waals surface area contributed by atoms with Crippen molar-refractivity contribution in [2.45, 2.75) is 33.8 Å². The first-order valence-corrected chi connectivity index (χ1v) is 7.35. The molecule has 1 aromatic carbocycles. The summed E-state index contributed by atoms with van der Waals surface area (Å²) in [6.45, 7) is 8.02. The van der Waals surface area contributed by atoms with Gasteiger partial charge in [0, 0.05) is 18.3 Å². The van der Waals surface area contributed by atoms with E-state index in [0.717, 1.165) is 11.3 Å². The third-order valence-electron chi connectivity index (χ3n) is 3.56. The summed E-state index contributed by atoms with van der Waals surface area (Å²) in [5.41, 5.74) is 2.29. The molecule has 0 spiro atoms. The smallest absolute Gasteiger partial charge is 0.251 e. The SMILES string of the molecule is Cc1cnn(-c2ccc(C(=O)NCC(O)C(C)(C)C)cc2)c1. The quantitative estimate of drug-likeness (QED) is 0.910. The molecule has 1 atom stereocenters. The minimum absolute atomic E-state index is 0.188. The van der Waals surface area contributed by atoms with E-state index in [-0.39, 0.29) is 17.9 Å². The minimum Gasteiger partial charge on any atom is -0.391 e. The van der Waals surface area contributed by atoms with Gasteiger partial charge < -0.3 is 10.4 Å². The Morgan fingerprint density at radius 1 is 1.32 bits per heavy atom. The van der Waals surface area contributed by atoms with E-state index in [1.165, 1.54) is 0 Å². The number of aromatic nitrogens is 2. The molecule has 1 heterocycles. The van der Waals surface area contributed by atoms with E-state index >= 15 is 0 Å². The van der Waals surface area contributed by atoms with Crippen LogP contribution < -0.4 is 5.32 Å². The molecular weight excluding hydrogens is 278 g/mol. The van der Waals surface area contributed by atoms with Gasteiger partial charge in [0.2, 0.25) is 0 Å². The first kappa shape index (κ1) is 16.2. The molecule has 0 aliphatic heterocycles. The van der Waals surface area contributed by atoms with Crippen LogP contribution in [-0.2, 0) is 0 Å². The maximum atomic E-state index is 12.1. The van der Waals surface area contributed by atoms with Crippen molar-refractivity contribution in [3.05, 3.63) is 47.8 Å². The summed E-state index contributed by atoms with van der Waals surface area (Å²) in [4.78, 5) is 12.1. The monoisotopic (exact) mass is 301 g/mol. The Bertz CT molecular complexity index is 639. The highest BCUT2D eigenvalue weighted by atomic mass is 16.3. The standard InChI is InChI=1S/C17H23N3O2/c1-12-9-19-20(11-12)14-7-5-13(6-8-14)16(22)18-10-15(21)17(2,3)4/h5-9,11,15,21H,10H2,1-4H3,(H,18,22). The molecule has 2 N–H and O–H groups in total. The van der Waals surface area contributed by atoms with Gasteiger partial charge in [0.05, 0.1) is 18.0 Å². The van der Waals surface area contributed by atoms with Crippen molar-refractivity contribution in [3.63, 3.8) is 0 Å². The molecule has 0 bridgehead atoms. The average molecular weight is 301 g/mol. The predicted octanol–water partition coefficient (Wildman–Crippen LogP) is 2.32. The van der Waals surface area contributed by atoms with Gasteiger partial charge in [-0.25, -0.2) is 4.68 Å². The fraction of sp³-hybridized carbons (Fsp3) is 0.412. The summed E-state index contributed by atoms with van der Waals surface area (Å²) in [6, 6.07) is 7.21. The van der Waals surface area contributed by atoms with E-state index in [9.17, 15) is 9.90 Å². The Morgan fingerprint density at radius 2 is 1.95 bits per heavy atom. The van der Waals surface area contributed by atoms with Crippen LogP contribution >= 0.6 is 0 Å². The zero-order valence-corrected chi connectivity index (χ0v) is 13.5. The van der Waals surface area contributed by atoms with Crippen molar-refractivity contribution in [3.8, 4) is 5.69 Å². The van der Waals surface area contributed by atoms with E-state index in [1.807, 2.05) is 46.0 Å². The second-order valence-corrected chi connectivity index (χ2v) is 6.60. The van der Waals surface area contributed by atoms with E-state index in [2.05, 4.69) is 10.4 Å². The van der Waals surface area contributed by atoms with Gasteiger partial charge in [-0.05, 0) is 42.2 Å². The first-order valence-electron chi connectivity index (χ1n) is 7.35. The summed E-state index contributed by atoms with van der Waals surface area (Å²) in [5.74, 6) is -0.188. The normalized spacial score (nSPS) is 13.0. The van der Waals surface area contributed by atoms with Gasteiger partial charge in [0.1, 0.15) is 0 Å². The number of hydrogen-bond acceptors (Lipinski definition) is 3. The number of nitrogens with zero attached hydrogens (tertiary/aromatic N) is 2. The van der Waals surface area contributed by atoms with Gasteiger partial charge in [-0.15, -0.1) is 0 Å². The van der Waals surface area contributed by atoms with Crippen molar-refractivity contribution < 1.29 is 9.90 Å². The maximum Gasteiger partial charge on any atom is 0.251 e. The van der Waals surface area contributed by atoms with Crippen molar-refractivity contribution in [1.82, 2.24) is 15.1 Å². The molecule has 1 aromatic heterocycles. The van der Waals surface area contributed by atoms with Crippen LogP contribution in [0.3, 0.4) is 0 Å². The summed E-state index contributed by atoms with van der Waals surface area (Å²) >= 11 is 0. The van der Waals surface area contributed by atoms with E-state index in [0.29, 0.717) is 5.56 Å². The topological polar surface area (TPSA) is 67.2 Å². The van der Waals surface area contributed by atoms with Crippen LogP contribution in [0.15, 0.2) is 36.7 Å². The zero-order chi connectivity index (χ0) is 16.3. The fourth-order valence-corrected chi connectivity index (χ4v) is 1.92. The van der Waals surface area contributed by atoms with Gasteiger partial charge in [-0.1, -0.05) is 20.8 Å². The number of benzene rings is 1. The molecule has 0 fully saturated rings. The Kier molecular flexibility index (Phi) is 4.66. The molecule has 0 saturated carbocycles. The van der Waals surface area contributed by atoms with Crippen LogP contribution in [0.2, 0.25) is 0 Å². The Hall–Kier alpha value is -2.14. The number of nitrogens with one attached hydrogen (secondary N) is 1. The highest BCUT2D eigenvalue weighted by Crippen LogP contribution is 2.18. The Morgan fingerprint density at radius 3 is 2.45 bits per heavy atom. The van der Waals surface area contributed by atoms with Crippen LogP contribution in [0.5, 0.6) is 0 Å². The molecule has 0 aliphatic rings. The number of carbonyl (C=O) groups excluding carboxylic acids is 1. The lowest BCUT2D eigenvalue weighted by Crippen LogP contribution is -2.39. The van der Waals surface area contributed by atoms with Crippen LogP contribution in [0.25, 0.3) is 5.69 Å².